The lowest BCUT2D eigenvalue weighted by atomic mass is 10.1. The third-order valence-electron chi connectivity index (χ3n) is 3.61. The van der Waals surface area contributed by atoms with E-state index in [2.05, 4.69) is 5.32 Å². The van der Waals surface area contributed by atoms with Gasteiger partial charge >= 0.3 is 5.97 Å². The fourth-order valence-electron chi connectivity index (χ4n) is 2.50. The minimum absolute atomic E-state index is 0.0745. The van der Waals surface area contributed by atoms with Crippen LogP contribution >= 0.6 is 0 Å². The number of carboxylic acids is 1. The number of hydrogen-bond acceptors (Lipinski definition) is 4. The number of aromatic carboxylic acids is 1. The van der Waals surface area contributed by atoms with E-state index in [4.69, 9.17) is 5.14 Å². The lowest BCUT2D eigenvalue weighted by Crippen LogP contribution is -2.16. The summed E-state index contributed by atoms with van der Waals surface area (Å²) in [5.41, 5.74) is 0.353. The fourth-order valence-corrected chi connectivity index (χ4v) is 3.04. The normalized spacial score (nSPS) is 16.2. The van der Waals surface area contributed by atoms with Crippen molar-refractivity contribution in [1.82, 2.24) is 0 Å². The van der Waals surface area contributed by atoms with Crippen LogP contribution in [0, 0.1) is 5.92 Å². The third kappa shape index (κ3) is 3.49. The second kappa shape index (κ2) is 5.80. The van der Waals surface area contributed by atoms with Gasteiger partial charge in [0.05, 0.1) is 10.5 Å². The monoisotopic (exact) mass is 298 g/mol. The highest BCUT2D eigenvalue weighted by Gasteiger charge is 2.18. The van der Waals surface area contributed by atoms with Crippen molar-refractivity contribution in [3.63, 3.8) is 0 Å². The Morgan fingerprint density at radius 3 is 2.55 bits per heavy atom. The minimum atomic E-state index is -3.90. The van der Waals surface area contributed by atoms with Gasteiger partial charge in [0.1, 0.15) is 0 Å². The molecule has 0 amide bonds. The van der Waals surface area contributed by atoms with Gasteiger partial charge in [-0.2, -0.15) is 0 Å². The maximum atomic E-state index is 11.3. The molecule has 0 atom stereocenters. The summed E-state index contributed by atoms with van der Waals surface area (Å²) >= 11 is 0. The molecule has 0 saturated heterocycles. The molecule has 7 heteroatoms. The van der Waals surface area contributed by atoms with Crippen molar-refractivity contribution in [3.05, 3.63) is 23.8 Å². The average Bonchev–Trinajstić information content (AvgIpc) is 2.88. The topological polar surface area (TPSA) is 109 Å². The van der Waals surface area contributed by atoms with Crippen LogP contribution < -0.4 is 10.5 Å². The van der Waals surface area contributed by atoms with E-state index in [9.17, 15) is 18.3 Å². The average molecular weight is 298 g/mol. The summed E-state index contributed by atoms with van der Waals surface area (Å²) in [6.45, 7) is 0.703. The van der Waals surface area contributed by atoms with Gasteiger partial charge in [0.25, 0.3) is 0 Å². The maximum absolute atomic E-state index is 11.3. The second-order valence-corrected chi connectivity index (χ2v) is 6.65. The van der Waals surface area contributed by atoms with Crippen LogP contribution in [0.4, 0.5) is 5.69 Å². The van der Waals surface area contributed by atoms with Gasteiger partial charge in [0, 0.05) is 12.2 Å². The van der Waals surface area contributed by atoms with E-state index < -0.39 is 16.0 Å². The lowest BCUT2D eigenvalue weighted by molar-refractivity contribution is 0.0697. The van der Waals surface area contributed by atoms with Gasteiger partial charge in [-0.15, -0.1) is 0 Å². The van der Waals surface area contributed by atoms with E-state index in [0.717, 1.165) is 18.9 Å². The standard InChI is InChI=1S/C13H18N2O4S/c14-20(18,19)10-5-6-12(11(7-10)13(16)17)15-8-9-3-1-2-4-9/h5-7,9,15H,1-4,8H2,(H,16,17)(H2,14,18,19). The van der Waals surface area contributed by atoms with Crippen molar-refractivity contribution in [3.8, 4) is 0 Å². The van der Waals surface area contributed by atoms with Crippen molar-refractivity contribution >= 4 is 21.7 Å². The molecule has 1 saturated carbocycles. The molecule has 0 spiro atoms. The van der Waals surface area contributed by atoms with Gasteiger partial charge in [0.15, 0.2) is 0 Å². The van der Waals surface area contributed by atoms with Crippen LogP contribution in [0.15, 0.2) is 23.1 Å². The van der Waals surface area contributed by atoms with Crippen molar-refractivity contribution in [2.45, 2.75) is 30.6 Å². The molecule has 6 nitrogen and oxygen atoms in total. The highest BCUT2D eigenvalue weighted by atomic mass is 32.2. The Kier molecular flexibility index (Phi) is 4.29. The number of sulfonamides is 1. The largest absolute Gasteiger partial charge is 0.478 e. The Hall–Kier alpha value is -1.60. The Labute approximate surface area is 118 Å². The first kappa shape index (κ1) is 14.8. The first-order chi connectivity index (χ1) is 9.38. The number of carbonyl (C=O) groups is 1. The molecule has 20 heavy (non-hydrogen) atoms. The van der Waals surface area contributed by atoms with E-state index in [1.54, 1.807) is 0 Å². The number of hydrogen-bond donors (Lipinski definition) is 3. The summed E-state index contributed by atoms with van der Waals surface area (Å²) in [4.78, 5) is 11.0. The van der Waals surface area contributed by atoms with Crippen LogP contribution in [-0.4, -0.2) is 26.0 Å². The SMILES string of the molecule is NS(=O)(=O)c1ccc(NCC2CCCC2)c(C(=O)O)c1. The molecule has 0 unspecified atom stereocenters. The van der Waals surface area contributed by atoms with E-state index in [-0.39, 0.29) is 10.5 Å². The molecule has 1 aliphatic rings. The lowest BCUT2D eigenvalue weighted by Gasteiger charge is -2.14. The first-order valence-corrected chi connectivity index (χ1v) is 8.06. The van der Waals surface area contributed by atoms with Crippen molar-refractivity contribution in [1.29, 1.82) is 0 Å². The fraction of sp³-hybridized carbons (Fsp3) is 0.462. The summed E-state index contributed by atoms with van der Waals surface area (Å²) in [7, 11) is -3.90. The number of primary sulfonamides is 1. The Morgan fingerprint density at radius 2 is 2.00 bits per heavy atom. The van der Waals surface area contributed by atoms with Gasteiger partial charge in [-0.3, -0.25) is 0 Å². The van der Waals surface area contributed by atoms with Crippen molar-refractivity contribution in [2.75, 3.05) is 11.9 Å². The Morgan fingerprint density at radius 1 is 1.35 bits per heavy atom. The van der Waals surface area contributed by atoms with Gasteiger partial charge in [-0.25, -0.2) is 18.4 Å². The van der Waals surface area contributed by atoms with E-state index >= 15 is 0 Å². The molecular formula is C13H18N2O4S. The van der Waals surface area contributed by atoms with Crippen molar-refractivity contribution < 1.29 is 18.3 Å². The number of carboxylic acid groups (broad SMARTS) is 1. The van der Waals surface area contributed by atoms with E-state index in [1.807, 2.05) is 0 Å². The van der Waals surface area contributed by atoms with Crippen LogP contribution in [0.5, 0.6) is 0 Å². The first-order valence-electron chi connectivity index (χ1n) is 6.52. The number of anilines is 1. The summed E-state index contributed by atoms with van der Waals surface area (Å²) in [6.07, 6.45) is 4.71. The summed E-state index contributed by atoms with van der Waals surface area (Å²) < 4.78 is 22.5. The van der Waals surface area contributed by atoms with Crippen LogP contribution in [0.3, 0.4) is 0 Å². The molecule has 0 bridgehead atoms. The number of nitrogens with one attached hydrogen (secondary N) is 1. The second-order valence-electron chi connectivity index (χ2n) is 5.09. The Bertz CT molecular complexity index is 607. The molecule has 1 aromatic carbocycles. The zero-order valence-corrected chi connectivity index (χ0v) is 11.8. The molecule has 1 fully saturated rings. The number of rotatable bonds is 5. The third-order valence-corrected chi connectivity index (χ3v) is 4.52. The molecule has 2 rings (SSSR count). The molecule has 1 aliphatic carbocycles. The highest BCUT2D eigenvalue weighted by Crippen LogP contribution is 2.26. The van der Waals surface area contributed by atoms with Crippen LogP contribution in [0.25, 0.3) is 0 Å². The zero-order valence-electron chi connectivity index (χ0n) is 11.0. The summed E-state index contributed by atoms with van der Waals surface area (Å²) in [6, 6.07) is 3.87. The minimum Gasteiger partial charge on any atom is -0.478 e. The summed E-state index contributed by atoms with van der Waals surface area (Å²) in [5.74, 6) is -0.626. The Balaban J connectivity index is 2.21. The predicted molar refractivity (Wildman–Crippen MR) is 75.2 cm³/mol. The van der Waals surface area contributed by atoms with Crippen LogP contribution in [0.1, 0.15) is 36.0 Å². The van der Waals surface area contributed by atoms with Crippen molar-refractivity contribution in [2.24, 2.45) is 11.1 Å². The highest BCUT2D eigenvalue weighted by molar-refractivity contribution is 7.89. The molecule has 4 N–H and O–H groups in total. The predicted octanol–water partition coefficient (Wildman–Crippen LogP) is 1.63. The number of benzene rings is 1. The zero-order chi connectivity index (χ0) is 14.8. The van der Waals surface area contributed by atoms with E-state index in [1.165, 1.54) is 25.0 Å². The van der Waals surface area contributed by atoms with Crippen LogP contribution in [-0.2, 0) is 10.0 Å². The molecular weight excluding hydrogens is 280 g/mol. The molecule has 0 aromatic heterocycles. The molecule has 0 radical (unpaired) electrons. The van der Waals surface area contributed by atoms with Gasteiger partial charge in [-0.05, 0) is 37.0 Å². The van der Waals surface area contributed by atoms with E-state index in [0.29, 0.717) is 18.2 Å². The number of nitrogens with two attached hydrogens (primary N) is 1. The smallest absolute Gasteiger partial charge is 0.337 e. The maximum Gasteiger partial charge on any atom is 0.337 e. The molecule has 0 aliphatic heterocycles. The van der Waals surface area contributed by atoms with Crippen LogP contribution in [0.2, 0.25) is 0 Å². The molecule has 110 valence electrons. The van der Waals surface area contributed by atoms with Gasteiger partial charge in [0.2, 0.25) is 10.0 Å². The molecule has 0 heterocycles. The summed E-state index contributed by atoms with van der Waals surface area (Å²) in [5, 5.41) is 17.3. The van der Waals surface area contributed by atoms with Gasteiger partial charge in [-0.1, -0.05) is 12.8 Å². The quantitative estimate of drug-likeness (QED) is 0.765. The van der Waals surface area contributed by atoms with Gasteiger partial charge < -0.3 is 10.4 Å². The molecule has 1 aromatic rings.